The molecule has 0 aliphatic rings. The molecular weight excluding hydrogens is 562 g/mol. The summed E-state index contributed by atoms with van der Waals surface area (Å²) in [5.41, 5.74) is 0. The summed E-state index contributed by atoms with van der Waals surface area (Å²) >= 11 is 3.72. The van der Waals surface area contributed by atoms with Gasteiger partial charge in [0.1, 0.15) is 0 Å². The van der Waals surface area contributed by atoms with Crippen molar-refractivity contribution in [2.24, 2.45) is 6.43 Å². The molecule has 0 aromatic carbocycles. The number of rotatable bonds is 16. The van der Waals surface area contributed by atoms with Crippen LogP contribution in [0, 0.1) is 0 Å². The van der Waals surface area contributed by atoms with Crippen molar-refractivity contribution in [2.75, 3.05) is 0 Å². The van der Waals surface area contributed by atoms with Gasteiger partial charge in [-0.3, -0.25) is 0 Å². The molecule has 0 aliphatic carbocycles. The van der Waals surface area contributed by atoms with Gasteiger partial charge in [-0.25, -0.2) is 0 Å². The Morgan fingerprint density at radius 3 is 1.12 bits per heavy atom. The normalized spacial score (nSPS) is 11.7. The second-order valence-electron chi connectivity index (χ2n) is 6.81. The molecule has 0 bridgehead atoms. The Bertz CT molecular complexity index is 394. The van der Waals surface area contributed by atoms with E-state index in [0.717, 1.165) is 17.7 Å². The Morgan fingerprint density at radius 2 is 0.920 bits per heavy atom. The van der Waals surface area contributed by atoms with Gasteiger partial charge in [-0.05, 0) is 0 Å². The zero-order chi connectivity index (χ0) is 19.0. The molecular formula is C18H36N2OS2Sn2. The van der Waals surface area contributed by atoms with E-state index in [-0.39, 0.29) is 0 Å². The topological polar surface area (TPSA) is 34.0 Å². The second kappa shape index (κ2) is 16.1. The van der Waals surface area contributed by atoms with Crippen molar-refractivity contribution >= 4 is 72.9 Å². The van der Waals surface area contributed by atoms with E-state index in [0.29, 0.717) is 0 Å². The summed E-state index contributed by atoms with van der Waals surface area (Å²) in [4.78, 5) is 0. The van der Waals surface area contributed by atoms with Gasteiger partial charge in [0.05, 0.1) is 0 Å². The van der Waals surface area contributed by atoms with E-state index in [1.165, 1.54) is 51.4 Å². The van der Waals surface area contributed by atoms with Gasteiger partial charge in [0.2, 0.25) is 0 Å². The zero-order valence-corrected chi connectivity index (χ0v) is 23.9. The third-order valence-corrected chi connectivity index (χ3v) is 38.3. The fourth-order valence-electron chi connectivity index (χ4n) is 3.06. The van der Waals surface area contributed by atoms with E-state index >= 15 is 0 Å². The molecule has 0 amide bonds. The molecule has 0 aliphatic heterocycles. The van der Waals surface area contributed by atoms with Crippen LogP contribution in [0.5, 0.6) is 0 Å². The number of isothiocyanates is 2. The molecule has 3 nitrogen and oxygen atoms in total. The van der Waals surface area contributed by atoms with Crippen molar-refractivity contribution in [1.29, 1.82) is 0 Å². The minimum absolute atomic E-state index is 1.11. The van der Waals surface area contributed by atoms with E-state index in [1.54, 1.807) is 0 Å². The van der Waals surface area contributed by atoms with E-state index < -0.39 is 38.1 Å². The first kappa shape index (κ1) is 26.2. The third kappa shape index (κ3) is 10.9. The van der Waals surface area contributed by atoms with Crippen molar-refractivity contribution in [1.82, 2.24) is 0 Å². The molecule has 0 heterocycles. The average molecular weight is 598 g/mol. The molecule has 0 radical (unpaired) electrons. The fourth-order valence-corrected chi connectivity index (χ4v) is 45.8. The maximum absolute atomic E-state index is 7.14. The van der Waals surface area contributed by atoms with Gasteiger partial charge < -0.3 is 0 Å². The Labute approximate surface area is 176 Å². The van der Waals surface area contributed by atoms with Gasteiger partial charge in [-0.15, -0.1) is 0 Å². The molecule has 0 saturated carbocycles. The Hall–Kier alpha value is 1.16. The van der Waals surface area contributed by atoms with Crippen LogP contribution in [-0.2, 0) is 1.41 Å². The van der Waals surface area contributed by atoms with Crippen molar-refractivity contribution in [3.8, 4) is 0 Å². The van der Waals surface area contributed by atoms with Crippen LogP contribution < -0.4 is 0 Å². The van der Waals surface area contributed by atoms with Gasteiger partial charge in [0, 0.05) is 0 Å². The predicted molar refractivity (Wildman–Crippen MR) is 122 cm³/mol. The van der Waals surface area contributed by atoms with Gasteiger partial charge in [0.15, 0.2) is 0 Å². The first-order valence-electron chi connectivity index (χ1n) is 9.95. The van der Waals surface area contributed by atoms with Crippen LogP contribution >= 0.6 is 24.4 Å². The molecule has 25 heavy (non-hydrogen) atoms. The number of nitrogens with zero attached hydrogens (tertiary/aromatic N) is 2. The van der Waals surface area contributed by atoms with E-state index in [4.69, 9.17) is 32.3 Å². The van der Waals surface area contributed by atoms with Gasteiger partial charge >= 0.3 is 178 Å². The van der Waals surface area contributed by atoms with Crippen LogP contribution in [-0.4, -0.2) is 48.5 Å². The zero-order valence-electron chi connectivity index (χ0n) is 16.6. The summed E-state index contributed by atoms with van der Waals surface area (Å²) in [6, 6.07) is 0. The summed E-state index contributed by atoms with van der Waals surface area (Å²) in [6.07, 6.45) is 9.37. The SMILES string of the molecule is CCC[CH2][Sn]([CH2]CCC)([N]=C=S)[O][Sn]([CH2]CCC)([CH2]CCC)[N]=C=S. The molecule has 0 saturated heterocycles. The fraction of sp³-hybridized carbons (Fsp3) is 0.889. The summed E-state index contributed by atoms with van der Waals surface area (Å²) in [5, 5.41) is 5.45. The first-order valence-corrected chi connectivity index (χ1v) is 23.7. The molecule has 0 fully saturated rings. The van der Waals surface area contributed by atoms with Gasteiger partial charge in [-0.1, -0.05) is 0 Å². The monoisotopic (exact) mass is 600 g/mol. The van der Waals surface area contributed by atoms with Crippen molar-refractivity contribution in [3.63, 3.8) is 0 Å². The molecule has 0 N–H and O–H groups in total. The molecule has 0 aromatic rings. The van der Waals surface area contributed by atoms with E-state index in [9.17, 15) is 0 Å². The van der Waals surface area contributed by atoms with Crippen LogP contribution in [0.2, 0.25) is 17.7 Å². The molecule has 0 rings (SSSR count). The maximum atomic E-state index is 7.14. The second-order valence-corrected chi connectivity index (χ2v) is 29.5. The predicted octanol–water partition coefficient (Wildman–Crippen LogP) is 7.29. The summed E-state index contributed by atoms with van der Waals surface area (Å²) in [6.45, 7) is 8.93. The van der Waals surface area contributed by atoms with Gasteiger partial charge in [0.25, 0.3) is 0 Å². The van der Waals surface area contributed by atoms with Crippen molar-refractivity contribution in [2.45, 2.75) is 96.8 Å². The Kier molecular flexibility index (Phi) is 16.9. The summed E-state index contributed by atoms with van der Waals surface area (Å²) in [5.74, 6) is 0. The standard InChI is InChI=1S/4C4H9.2CNS.O.2Sn/c4*1-3-4-2;2*2-1-3;;;/h4*1,3-4H2,2H3;;;;;/q;;;;2*-1;;2*+1. The Balaban J connectivity index is 5.77. The molecule has 0 atom stereocenters. The van der Waals surface area contributed by atoms with Crippen LogP contribution in [0.1, 0.15) is 79.1 Å². The van der Waals surface area contributed by atoms with Gasteiger partial charge in [-0.2, -0.15) is 0 Å². The Morgan fingerprint density at radius 1 is 0.640 bits per heavy atom. The number of thiocarbonyl (C=S) groups is 2. The first-order chi connectivity index (χ1) is 12.1. The molecule has 0 unspecified atom stereocenters. The third-order valence-electron chi connectivity index (χ3n) is 4.56. The quantitative estimate of drug-likeness (QED) is 0.106. The minimum atomic E-state index is -3.18. The summed E-state index contributed by atoms with van der Waals surface area (Å²) < 4.78 is 21.2. The van der Waals surface area contributed by atoms with Crippen molar-refractivity contribution in [3.05, 3.63) is 0 Å². The number of hydrogen-bond acceptors (Lipinski definition) is 5. The number of hydrogen-bond donors (Lipinski definition) is 0. The molecule has 144 valence electrons. The molecule has 7 heteroatoms. The van der Waals surface area contributed by atoms with Crippen LogP contribution in [0.15, 0.2) is 6.43 Å². The summed E-state index contributed by atoms with van der Waals surface area (Å²) in [7, 11) is 0. The van der Waals surface area contributed by atoms with E-state index in [2.05, 4.69) is 38.0 Å². The van der Waals surface area contributed by atoms with Crippen LogP contribution in [0.4, 0.5) is 0 Å². The average Bonchev–Trinajstić information content (AvgIpc) is 2.61. The molecule has 0 spiro atoms. The van der Waals surface area contributed by atoms with E-state index in [1.807, 2.05) is 0 Å². The van der Waals surface area contributed by atoms with Crippen LogP contribution in [0.25, 0.3) is 0 Å². The van der Waals surface area contributed by atoms with Crippen LogP contribution in [0.3, 0.4) is 0 Å². The number of unbranched alkanes of at least 4 members (excludes halogenated alkanes) is 4. The molecule has 0 aromatic heterocycles. The van der Waals surface area contributed by atoms with Crippen molar-refractivity contribution < 1.29 is 1.41 Å².